The number of hydrogen-bond donors (Lipinski definition) is 3. The van der Waals surface area contributed by atoms with E-state index in [2.05, 4.69) is 80.7 Å². The first-order chi connectivity index (χ1) is 27.2. The van der Waals surface area contributed by atoms with Gasteiger partial charge in [-0.1, -0.05) is 143 Å². The summed E-state index contributed by atoms with van der Waals surface area (Å²) in [7, 11) is -4.45. The fraction of sp³-hybridized carbons (Fsp3) is 0.600. The van der Waals surface area contributed by atoms with Gasteiger partial charge in [-0.15, -0.1) is 0 Å². The molecule has 0 rings (SSSR count). The molecule has 4 N–H and O–H groups in total. The van der Waals surface area contributed by atoms with Crippen LogP contribution in [-0.2, 0) is 32.7 Å². The van der Waals surface area contributed by atoms with Gasteiger partial charge in [0.2, 0.25) is 0 Å². The maximum Gasteiger partial charge on any atom is 0.472 e. The Morgan fingerprint density at radius 2 is 1.20 bits per heavy atom. The Morgan fingerprint density at radius 1 is 0.643 bits per heavy atom. The lowest BCUT2D eigenvalue weighted by atomic mass is 10.1. The molecule has 0 aliphatic rings. The minimum atomic E-state index is -4.45. The topological polar surface area (TPSA) is 155 Å². The van der Waals surface area contributed by atoms with Gasteiger partial charge in [-0.2, -0.15) is 0 Å². The summed E-state index contributed by atoms with van der Waals surface area (Å²) in [6, 6.07) is 0. The van der Waals surface area contributed by atoms with Crippen molar-refractivity contribution in [2.75, 3.05) is 26.4 Å². The first kappa shape index (κ1) is 52.9. The number of allylic oxidation sites excluding steroid dienone is 15. The highest BCUT2D eigenvalue weighted by Crippen LogP contribution is 2.43. The van der Waals surface area contributed by atoms with E-state index in [-0.39, 0.29) is 32.6 Å². The highest BCUT2D eigenvalue weighted by Gasteiger charge is 2.26. The number of nitrogens with two attached hydrogens (primary N) is 1. The fourth-order valence-electron chi connectivity index (χ4n) is 4.97. The van der Waals surface area contributed by atoms with Crippen molar-refractivity contribution in [2.24, 2.45) is 5.73 Å². The highest BCUT2D eigenvalue weighted by atomic mass is 31.2. The average molecular weight is 804 g/mol. The Labute approximate surface area is 339 Å². The van der Waals surface area contributed by atoms with E-state index in [1.165, 1.54) is 38.5 Å². The smallest absolute Gasteiger partial charge is 0.462 e. The van der Waals surface area contributed by atoms with Gasteiger partial charge in [0.25, 0.3) is 0 Å². The predicted molar refractivity (Wildman–Crippen MR) is 230 cm³/mol. The van der Waals surface area contributed by atoms with Crippen molar-refractivity contribution in [2.45, 2.75) is 148 Å². The van der Waals surface area contributed by atoms with Crippen LogP contribution in [0, 0.1) is 0 Å². The molecule has 0 fully saturated rings. The van der Waals surface area contributed by atoms with E-state index < -0.39 is 38.6 Å². The Balaban J connectivity index is 4.49. The SMILES string of the molecule is CC/C=C\C/C=C\C/C=C\C/C=C\C/C=C\CCCC(=O)OC[C@H](COP(=O)(O)OCCN)OC(=O)CCCC(O)/C=C/C=C/C/C=C/CCCCCCCC. The zero-order valence-electron chi connectivity index (χ0n) is 34.4. The number of hydrogen-bond acceptors (Lipinski definition) is 9. The summed E-state index contributed by atoms with van der Waals surface area (Å²) in [4.78, 5) is 34.8. The number of esters is 2. The van der Waals surface area contributed by atoms with Crippen molar-refractivity contribution >= 4 is 19.8 Å². The molecule has 0 aromatic heterocycles. The summed E-state index contributed by atoms with van der Waals surface area (Å²) < 4.78 is 32.5. The van der Waals surface area contributed by atoms with Gasteiger partial charge in [-0.05, 0) is 77.0 Å². The quantitative estimate of drug-likeness (QED) is 0.0182. The Morgan fingerprint density at radius 3 is 1.82 bits per heavy atom. The largest absolute Gasteiger partial charge is 0.472 e. The molecule has 0 aromatic rings. The van der Waals surface area contributed by atoms with E-state index in [0.717, 1.165) is 44.9 Å². The van der Waals surface area contributed by atoms with Crippen LogP contribution in [0.4, 0.5) is 0 Å². The number of rotatable bonds is 37. The second-order valence-corrected chi connectivity index (χ2v) is 14.8. The molecular weight excluding hydrogens is 729 g/mol. The molecule has 0 heterocycles. The molecule has 0 spiro atoms. The summed E-state index contributed by atoms with van der Waals surface area (Å²) in [5.74, 6) is -1.11. The first-order valence-corrected chi connectivity index (χ1v) is 22.3. The third kappa shape index (κ3) is 39.1. The van der Waals surface area contributed by atoms with Gasteiger partial charge in [0.15, 0.2) is 6.10 Å². The number of aliphatic hydroxyl groups excluding tert-OH is 1. The number of phosphoric ester groups is 1. The lowest BCUT2D eigenvalue weighted by Gasteiger charge is -2.20. The fourth-order valence-corrected chi connectivity index (χ4v) is 5.74. The van der Waals surface area contributed by atoms with E-state index in [9.17, 15) is 24.2 Å². The van der Waals surface area contributed by atoms with Crippen LogP contribution >= 0.6 is 7.82 Å². The van der Waals surface area contributed by atoms with Crippen LogP contribution in [0.1, 0.15) is 136 Å². The third-order valence-corrected chi connectivity index (χ3v) is 9.04. The summed E-state index contributed by atoms with van der Waals surface area (Å²) >= 11 is 0. The van der Waals surface area contributed by atoms with Crippen LogP contribution in [0.25, 0.3) is 0 Å². The molecule has 0 aromatic carbocycles. The van der Waals surface area contributed by atoms with Gasteiger partial charge in [0.1, 0.15) is 6.61 Å². The van der Waals surface area contributed by atoms with Gasteiger partial charge in [-0.25, -0.2) is 4.57 Å². The zero-order chi connectivity index (χ0) is 41.2. The summed E-state index contributed by atoms with van der Waals surface area (Å²) in [5, 5.41) is 10.3. The van der Waals surface area contributed by atoms with Crippen LogP contribution in [0.5, 0.6) is 0 Å². The molecule has 0 radical (unpaired) electrons. The van der Waals surface area contributed by atoms with Gasteiger partial charge in [-0.3, -0.25) is 18.6 Å². The number of ether oxygens (including phenoxy) is 2. The number of phosphoric acid groups is 1. The molecule has 0 bridgehead atoms. The van der Waals surface area contributed by atoms with Gasteiger partial charge in [0.05, 0.1) is 19.3 Å². The second-order valence-electron chi connectivity index (χ2n) is 13.3. The van der Waals surface area contributed by atoms with Crippen molar-refractivity contribution in [1.82, 2.24) is 0 Å². The molecule has 3 atom stereocenters. The molecule has 56 heavy (non-hydrogen) atoms. The number of aliphatic hydroxyl groups is 1. The molecular formula is C45H74NO9P. The lowest BCUT2D eigenvalue weighted by Crippen LogP contribution is -2.29. The second kappa shape index (κ2) is 40.1. The van der Waals surface area contributed by atoms with E-state index >= 15 is 0 Å². The van der Waals surface area contributed by atoms with Gasteiger partial charge < -0.3 is 25.2 Å². The molecule has 0 aliphatic carbocycles. The Kier molecular flexibility index (Phi) is 37.9. The summed E-state index contributed by atoms with van der Waals surface area (Å²) in [6.45, 7) is 3.29. The van der Waals surface area contributed by atoms with Crippen LogP contribution < -0.4 is 5.73 Å². The van der Waals surface area contributed by atoms with Crippen molar-refractivity contribution in [3.63, 3.8) is 0 Å². The Hall–Kier alpha value is -3.11. The predicted octanol–water partition coefficient (Wildman–Crippen LogP) is 10.8. The van der Waals surface area contributed by atoms with Crippen molar-refractivity contribution in [3.8, 4) is 0 Å². The van der Waals surface area contributed by atoms with E-state index in [1.807, 2.05) is 18.2 Å². The number of unbranched alkanes of at least 4 members (excludes halogenated alkanes) is 7. The van der Waals surface area contributed by atoms with E-state index in [0.29, 0.717) is 25.7 Å². The molecule has 0 amide bonds. The van der Waals surface area contributed by atoms with Crippen molar-refractivity contribution in [3.05, 3.63) is 97.2 Å². The highest BCUT2D eigenvalue weighted by molar-refractivity contribution is 7.47. The Bertz CT molecular complexity index is 1250. The third-order valence-electron chi connectivity index (χ3n) is 8.06. The minimum absolute atomic E-state index is 0.0115. The minimum Gasteiger partial charge on any atom is -0.462 e. The van der Waals surface area contributed by atoms with Crippen LogP contribution in [0.15, 0.2) is 97.2 Å². The van der Waals surface area contributed by atoms with Crippen LogP contribution in [-0.4, -0.2) is 60.5 Å². The molecule has 318 valence electrons. The van der Waals surface area contributed by atoms with E-state index in [1.54, 1.807) is 12.2 Å². The monoisotopic (exact) mass is 804 g/mol. The summed E-state index contributed by atoms with van der Waals surface area (Å²) in [6.07, 6.45) is 47.6. The average Bonchev–Trinajstić information content (AvgIpc) is 3.18. The van der Waals surface area contributed by atoms with Crippen molar-refractivity contribution in [1.29, 1.82) is 0 Å². The van der Waals surface area contributed by atoms with E-state index in [4.69, 9.17) is 24.3 Å². The maximum atomic E-state index is 12.6. The summed E-state index contributed by atoms with van der Waals surface area (Å²) in [5.41, 5.74) is 5.33. The molecule has 11 heteroatoms. The molecule has 0 saturated carbocycles. The molecule has 2 unspecified atom stereocenters. The van der Waals surface area contributed by atoms with Gasteiger partial charge >= 0.3 is 19.8 Å². The van der Waals surface area contributed by atoms with Gasteiger partial charge in [0, 0.05) is 19.4 Å². The van der Waals surface area contributed by atoms with Crippen molar-refractivity contribution < 1.29 is 42.7 Å². The molecule has 0 aliphatic heterocycles. The maximum absolute atomic E-state index is 12.6. The number of carbonyl (C=O) groups excluding carboxylic acids is 2. The number of carbonyl (C=O) groups is 2. The normalized spacial score (nSPS) is 14.9. The lowest BCUT2D eigenvalue weighted by molar-refractivity contribution is -0.161. The molecule has 0 saturated heterocycles. The molecule has 10 nitrogen and oxygen atoms in total. The zero-order valence-corrected chi connectivity index (χ0v) is 35.3. The van der Waals surface area contributed by atoms with Crippen LogP contribution in [0.3, 0.4) is 0 Å². The first-order valence-electron chi connectivity index (χ1n) is 20.8. The standard InChI is InChI=1S/C45H74NO9P/c1-3-5-7-9-11-13-15-17-18-19-20-22-24-26-28-30-32-36-44(48)52-40-43(41-54-56(50,51)53-39-38-46)55-45(49)37-33-35-42(47)34-31-29-27-25-23-21-16-14-12-10-8-6-4-2/h5,7,11,13,17-18,20-23,26-29,31,34,42-43,47H,3-4,6,8-10,12,14-16,19,24-25,30,32-33,35-41,46H2,1-2H3,(H,50,51)/b7-5-,13-11-,18-17-,22-20-,23-21+,28-26-,29-27+,34-31+/t42?,43-/m1/s1. The van der Waals surface area contributed by atoms with Crippen LogP contribution in [0.2, 0.25) is 0 Å².